The third-order valence-electron chi connectivity index (χ3n) is 20.5. The standard InChI is InChI=1S/C62H94N14O17/c1-36(77)50(67-48(78)35-64)61(91)76-34-12-22-47(76)60(90)75-33-11-21-46(75)59(89)74-32-10-20-45(74)58(88)73-31-9-19-44(73)57(87)72-30-8-18-43(72)56(86)71-29-7-17-42(71)55(85)70-28-6-16-41(70)54(84)69-27-5-15-40(69)53(83)68-26-4-14-39(68)52(82)65-37(13-2-3-25-63)51(81)66-38(62(92)93)23-24-49(79)80/h36-47,50,77H,2-35,63-64H2,1H3,(H,65,82)(H,66,81)(H,67,78)(H,79,80)(H,92,93)/t36-,37+,38+,39+,40+,41+,42+,43+,44+,45+,46+,47+,50+/m1/s1. The van der Waals surface area contributed by atoms with Crippen LogP contribution in [0.3, 0.4) is 0 Å². The molecule has 31 heteroatoms. The Balaban J connectivity index is 0.806. The van der Waals surface area contributed by atoms with Crippen molar-refractivity contribution in [2.45, 2.75) is 233 Å². The van der Waals surface area contributed by atoms with E-state index in [-0.39, 0.29) is 78.2 Å². The minimum atomic E-state index is -1.53. The van der Waals surface area contributed by atoms with Crippen molar-refractivity contribution in [2.24, 2.45) is 11.5 Å². The third kappa shape index (κ3) is 15.2. The average molecular weight is 1310 g/mol. The number of hydrogen-bond acceptors (Lipinski definition) is 17. The van der Waals surface area contributed by atoms with Crippen LogP contribution in [0, 0.1) is 0 Å². The van der Waals surface area contributed by atoms with Crippen LogP contribution in [0.25, 0.3) is 0 Å². The summed E-state index contributed by atoms with van der Waals surface area (Å²) in [5.41, 5.74) is 11.1. The van der Waals surface area contributed by atoms with Crippen LogP contribution in [-0.4, -0.2) is 293 Å². The Bertz CT molecular complexity index is 2880. The minimum absolute atomic E-state index is 0.0876. The Morgan fingerprint density at radius 2 is 0.699 bits per heavy atom. The van der Waals surface area contributed by atoms with Crippen LogP contribution < -0.4 is 27.4 Å². The molecule has 93 heavy (non-hydrogen) atoms. The predicted molar refractivity (Wildman–Crippen MR) is 327 cm³/mol. The van der Waals surface area contributed by atoms with Gasteiger partial charge in [-0.25, -0.2) is 4.79 Å². The molecule has 0 aliphatic carbocycles. The first-order valence-corrected chi connectivity index (χ1v) is 33.8. The SMILES string of the molecule is C[C@@H](O)[C@H](NC(=O)CN)C(=O)N1CCC[C@H]1C(=O)N1CCC[C@H]1C(=O)N1CCC[C@H]1C(=O)N1CCC[C@H]1C(=O)N1CCC[C@H]1C(=O)N1CCC[C@H]1C(=O)N1CCC[C@H]1C(=O)N1CCC[C@H]1C(=O)N1CCC[C@H]1C(=O)N[C@@H](CCCCN)C(=O)N[C@@H](CCC(=O)O)C(=O)O. The molecule has 31 nitrogen and oxygen atoms in total. The number of aliphatic carboxylic acids is 2. The highest BCUT2D eigenvalue weighted by Crippen LogP contribution is 2.35. The molecule has 0 aromatic carbocycles. The Morgan fingerprint density at radius 3 is 0.989 bits per heavy atom. The number of hydrogen-bond donors (Lipinski definition) is 8. The highest BCUT2D eigenvalue weighted by molar-refractivity contribution is 6.01. The molecule has 514 valence electrons. The molecule has 9 fully saturated rings. The van der Waals surface area contributed by atoms with E-state index in [4.69, 9.17) is 16.6 Å². The van der Waals surface area contributed by atoms with E-state index in [9.17, 15) is 77.3 Å². The van der Waals surface area contributed by atoms with Crippen LogP contribution in [0.4, 0.5) is 0 Å². The van der Waals surface area contributed by atoms with E-state index in [1.807, 2.05) is 0 Å². The number of carboxylic acid groups (broad SMARTS) is 2. The van der Waals surface area contributed by atoms with Gasteiger partial charge >= 0.3 is 11.9 Å². The Morgan fingerprint density at radius 1 is 0.398 bits per heavy atom. The van der Waals surface area contributed by atoms with Crippen molar-refractivity contribution in [2.75, 3.05) is 72.0 Å². The number of nitrogens with one attached hydrogen (secondary N) is 3. The maximum Gasteiger partial charge on any atom is 0.326 e. The van der Waals surface area contributed by atoms with E-state index < -0.39 is 174 Å². The summed E-state index contributed by atoms with van der Waals surface area (Å²) in [4.78, 5) is 207. The first-order chi connectivity index (χ1) is 44.6. The van der Waals surface area contributed by atoms with Gasteiger partial charge in [0, 0.05) is 65.3 Å². The number of aliphatic hydroxyl groups is 1. The first-order valence-electron chi connectivity index (χ1n) is 33.8. The van der Waals surface area contributed by atoms with Gasteiger partial charge in [-0.2, -0.15) is 0 Å². The zero-order valence-electron chi connectivity index (χ0n) is 53.3. The number of unbranched alkanes of at least 4 members (excludes halogenated alkanes) is 1. The van der Waals surface area contributed by atoms with E-state index in [2.05, 4.69) is 16.0 Å². The molecule has 9 rings (SSSR count). The number of nitrogens with zero attached hydrogens (tertiary/aromatic N) is 9. The lowest BCUT2D eigenvalue weighted by molar-refractivity contribution is -0.155. The van der Waals surface area contributed by atoms with Crippen LogP contribution in [-0.2, 0) is 67.1 Å². The van der Waals surface area contributed by atoms with Gasteiger partial charge < -0.3 is 86.8 Å². The second-order valence-electron chi connectivity index (χ2n) is 26.4. The normalized spacial score (nSPS) is 27.6. The number of carbonyl (C=O) groups is 14. The van der Waals surface area contributed by atoms with Crippen LogP contribution in [0.5, 0.6) is 0 Å². The van der Waals surface area contributed by atoms with E-state index in [1.165, 1.54) is 51.0 Å². The van der Waals surface area contributed by atoms with Crippen LogP contribution in [0.1, 0.15) is 155 Å². The molecule has 10 N–H and O–H groups in total. The van der Waals surface area contributed by atoms with Gasteiger partial charge in [-0.3, -0.25) is 62.3 Å². The molecule has 0 bridgehead atoms. The highest BCUT2D eigenvalue weighted by atomic mass is 16.4. The van der Waals surface area contributed by atoms with Gasteiger partial charge in [0.1, 0.15) is 72.5 Å². The molecule has 0 aromatic rings. The van der Waals surface area contributed by atoms with Crippen LogP contribution >= 0.6 is 0 Å². The Hall–Kier alpha value is -7.54. The largest absolute Gasteiger partial charge is 0.481 e. The fourth-order valence-corrected chi connectivity index (χ4v) is 15.8. The number of carboxylic acids is 2. The van der Waals surface area contributed by atoms with Crippen molar-refractivity contribution in [1.82, 2.24) is 60.0 Å². The third-order valence-corrected chi connectivity index (χ3v) is 20.5. The maximum absolute atomic E-state index is 14.8. The lowest BCUT2D eigenvalue weighted by Crippen LogP contribution is -2.60. The molecular formula is C62H94N14O17. The van der Waals surface area contributed by atoms with Crippen LogP contribution in [0.15, 0.2) is 0 Å². The Labute approximate surface area is 540 Å². The number of aliphatic hydroxyl groups excluding tert-OH is 1. The summed E-state index contributed by atoms with van der Waals surface area (Å²) < 4.78 is 0. The van der Waals surface area contributed by atoms with Gasteiger partial charge in [0.05, 0.1) is 12.6 Å². The summed E-state index contributed by atoms with van der Waals surface area (Å²) in [6.45, 7) is 3.30. The quantitative estimate of drug-likeness (QED) is 0.0441. The van der Waals surface area contributed by atoms with E-state index in [0.717, 1.165) is 0 Å². The molecule has 0 saturated carbocycles. The Kier molecular flexibility index (Phi) is 23.4. The molecule has 12 amide bonds. The summed E-state index contributed by atoms with van der Waals surface area (Å²) in [7, 11) is 0. The molecule has 13 atom stereocenters. The number of nitrogens with two attached hydrogens (primary N) is 2. The van der Waals surface area contributed by atoms with Gasteiger partial charge in [0.25, 0.3) is 0 Å². The summed E-state index contributed by atoms with van der Waals surface area (Å²) >= 11 is 0. The van der Waals surface area contributed by atoms with Gasteiger partial charge in [-0.05, 0) is 155 Å². The minimum Gasteiger partial charge on any atom is -0.481 e. The molecule has 0 spiro atoms. The number of likely N-dealkylation sites (tertiary alicyclic amines) is 9. The van der Waals surface area contributed by atoms with E-state index in [0.29, 0.717) is 129 Å². The zero-order chi connectivity index (χ0) is 66.9. The maximum atomic E-state index is 14.8. The van der Waals surface area contributed by atoms with Crippen LogP contribution in [0.2, 0.25) is 0 Å². The smallest absolute Gasteiger partial charge is 0.326 e. The fraction of sp³-hybridized carbons (Fsp3) is 0.774. The second kappa shape index (κ2) is 31.1. The van der Waals surface area contributed by atoms with Crippen molar-refractivity contribution in [3.05, 3.63) is 0 Å². The van der Waals surface area contributed by atoms with Gasteiger partial charge in [0.15, 0.2) is 0 Å². The fourth-order valence-electron chi connectivity index (χ4n) is 15.8. The van der Waals surface area contributed by atoms with E-state index in [1.54, 1.807) is 0 Å². The molecule has 0 unspecified atom stereocenters. The first kappa shape index (κ1) is 69.8. The lowest BCUT2D eigenvalue weighted by atomic mass is 10.1. The van der Waals surface area contributed by atoms with Crippen molar-refractivity contribution in [3.8, 4) is 0 Å². The summed E-state index contributed by atoms with van der Waals surface area (Å²) in [5, 5.41) is 36.7. The molecule has 9 aliphatic heterocycles. The number of rotatable bonds is 24. The van der Waals surface area contributed by atoms with E-state index >= 15 is 0 Å². The average Bonchev–Trinajstić information content (AvgIpc) is 1.69. The van der Waals surface area contributed by atoms with Gasteiger partial charge in [-0.1, -0.05) is 0 Å². The molecule has 0 aromatic heterocycles. The number of amides is 12. The van der Waals surface area contributed by atoms with Crippen molar-refractivity contribution >= 4 is 82.8 Å². The molecule has 9 heterocycles. The van der Waals surface area contributed by atoms with Crippen molar-refractivity contribution in [1.29, 1.82) is 0 Å². The monoisotopic (exact) mass is 1310 g/mol. The highest BCUT2D eigenvalue weighted by Gasteiger charge is 2.53. The summed E-state index contributed by atoms with van der Waals surface area (Å²) in [5.74, 6) is -8.78. The molecular weight excluding hydrogens is 1210 g/mol. The molecule has 9 aliphatic rings. The van der Waals surface area contributed by atoms with Gasteiger partial charge in [-0.15, -0.1) is 0 Å². The van der Waals surface area contributed by atoms with Crippen molar-refractivity contribution in [3.63, 3.8) is 0 Å². The second-order valence-corrected chi connectivity index (χ2v) is 26.4. The van der Waals surface area contributed by atoms with Crippen molar-refractivity contribution < 1.29 is 82.4 Å². The molecule has 0 radical (unpaired) electrons. The predicted octanol–water partition coefficient (Wildman–Crippen LogP) is -3.22. The molecule has 9 saturated heterocycles. The topological polar surface area (TPSA) is 417 Å². The van der Waals surface area contributed by atoms with Gasteiger partial charge in [0.2, 0.25) is 70.9 Å². The summed E-state index contributed by atoms with van der Waals surface area (Å²) in [6.07, 6.45) is 5.98. The number of carbonyl (C=O) groups excluding carboxylic acids is 12. The lowest BCUT2D eigenvalue weighted by Gasteiger charge is -2.37. The zero-order valence-corrected chi connectivity index (χ0v) is 53.3. The summed E-state index contributed by atoms with van der Waals surface area (Å²) in [6, 6.07) is -12.5.